The van der Waals surface area contributed by atoms with Crippen LogP contribution in [-0.4, -0.2) is 34.5 Å². The number of benzene rings is 1. The van der Waals surface area contributed by atoms with Crippen LogP contribution in [0.4, 0.5) is 0 Å². The van der Waals surface area contributed by atoms with Gasteiger partial charge in [-0.15, -0.1) is 0 Å². The fourth-order valence-electron chi connectivity index (χ4n) is 4.22. The molecule has 0 amide bonds. The molecule has 3 nitrogen and oxygen atoms in total. The fourth-order valence-corrected chi connectivity index (χ4v) is 4.22. The van der Waals surface area contributed by atoms with Crippen molar-refractivity contribution in [2.24, 2.45) is 4.99 Å². The lowest BCUT2D eigenvalue weighted by atomic mass is 9.82. The van der Waals surface area contributed by atoms with Gasteiger partial charge < -0.3 is 0 Å². The summed E-state index contributed by atoms with van der Waals surface area (Å²) in [6, 6.07) is 9.00. The van der Waals surface area contributed by atoms with Gasteiger partial charge in [-0.3, -0.25) is 9.83 Å². The Morgan fingerprint density at radius 1 is 1.08 bits per heavy atom. The van der Waals surface area contributed by atoms with Crippen LogP contribution < -0.4 is 0 Å². The summed E-state index contributed by atoms with van der Waals surface area (Å²) < 4.78 is 0. The van der Waals surface area contributed by atoms with Crippen molar-refractivity contribution >= 4 is 5.71 Å². The molecule has 24 heavy (non-hydrogen) atoms. The van der Waals surface area contributed by atoms with Crippen LogP contribution in [0.15, 0.2) is 29.3 Å². The number of hydroxylamine groups is 2. The van der Waals surface area contributed by atoms with Gasteiger partial charge in [0.05, 0.1) is 12.6 Å². The summed E-state index contributed by atoms with van der Waals surface area (Å²) in [6.45, 7) is 12.0. The molecule has 1 fully saturated rings. The normalized spacial score (nSPS) is 26.4. The van der Waals surface area contributed by atoms with Crippen molar-refractivity contribution in [1.82, 2.24) is 5.06 Å². The Kier molecular flexibility index (Phi) is 4.85. The molecule has 0 N–H and O–H groups in total. The molecule has 0 aliphatic carbocycles. The van der Waals surface area contributed by atoms with Crippen molar-refractivity contribution in [2.45, 2.75) is 83.8 Å². The maximum absolute atomic E-state index is 6.33. The summed E-state index contributed by atoms with van der Waals surface area (Å²) in [4.78, 5) is 11.3. The molecule has 2 heterocycles. The van der Waals surface area contributed by atoms with Crippen molar-refractivity contribution < 1.29 is 4.84 Å². The Labute approximate surface area is 147 Å². The van der Waals surface area contributed by atoms with E-state index in [0.29, 0.717) is 6.61 Å². The van der Waals surface area contributed by atoms with Crippen LogP contribution in [0.25, 0.3) is 0 Å². The standard InChI is InChI=1S/C21H32N2O/c1-16-7-9-17(10-8-16)19-12-11-18(22-19)15-24-23-20(2,3)13-6-14-21(23,4)5/h7-10,18H,6,11-15H2,1-5H3. The van der Waals surface area contributed by atoms with Gasteiger partial charge in [-0.05, 0) is 72.3 Å². The Balaban J connectivity index is 1.63. The summed E-state index contributed by atoms with van der Waals surface area (Å²) in [5, 5.41) is 2.25. The first-order chi connectivity index (χ1) is 11.3. The molecule has 2 aliphatic heterocycles. The highest BCUT2D eigenvalue weighted by Gasteiger charge is 2.42. The van der Waals surface area contributed by atoms with E-state index in [1.807, 2.05) is 0 Å². The number of rotatable bonds is 4. The predicted octanol–water partition coefficient (Wildman–Crippen LogP) is 4.92. The number of nitrogens with zero attached hydrogens (tertiary/aromatic N) is 2. The molecule has 0 bridgehead atoms. The molecule has 1 saturated heterocycles. The number of hydrogen-bond donors (Lipinski definition) is 0. The van der Waals surface area contributed by atoms with E-state index in [9.17, 15) is 0 Å². The molecule has 1 unspecified atom stereocenters. The molecule has 1 aromatic rings. The zero-order valence-electron chi connectivity index (χ0n) is 15.9. The van der Waals surface area contributed by atoms with Gasteiger partial charge in [-0.2, -0.15) is 5.06 Å². The van der Waals surface area contributed by atoms with Gasteiger partial charge in [0.2, 0.25) is 0 Å². The molecule has 0 saturated carbocycles. The first-order valence-electron chi connectivity index (χ1n) is 9.35. The Morgan fingerprint density at radius 3 is 2.33 bits per heavy atom. The molecule has 3 rings (SSSR count). The van der Waals surface area contributed by atoms with Gasteiger partial charge in [-0.1, -0.05) is 29.8 Å². The van der Waals surface area contributed by atoms with Crippen molar-refractivity contribution in [3.8, 4) is 0 Å². The van der Waals surface area contributed by atoms with Crippen LogP contribution >= 0.6 is 0 Å². The van der Waals surface area contributed by atoms with Gasteiger partial charge in [-0.25, -0.2) is 0 Å². The number of hydrogen-bond acceptors (Lipinski definition) is 3. The molecule has 0 spiro atoms. The first kappa shape index (κ1) is 17.6. The molecule has 2 aliphatic rings. The van der Waals surface area contributed by atoms with E-state index < -0.39 is 0 Å². The zero-order valence-corrected chi connectivity index (χ0v) is 15.9. The average molecular weight is 329 g/mol. The fraction of sp³-hybridized carbons (Fsp3) is 0.667. The molecule has 132 valence electrons. The van der Waals surface area contributed by atoms with E-state index in [4.69, 9.17) is 9.83 Å². The minimum atomic E-state index is 0.101. The van der Waals surface area contributed by atoms with Crippen LogP contribution in [0.1, 0.15) is 70.9 Å². The second-order valence-corrected chi connectivity index (χ2v) is 8.70. The second-order valence-electron chi connectivity index (χ2n) is 8.70. The lowest BCUT2D eigenvalue weighted by molar-refractivity contribution is -0.282. The van der Waals surface area contributed by atoms with Crippen molar-refractivity contribution in [3.05, 3.63) is 35.4 Å². The highest BCUT2D eigenvalue weighted by Crippen LogP contribution is 2.38. The monoisotopic (exact) mass is 328 g/mol. The maximum Gasteiger partial charge on any atom is 0.0909 e. The third kappa shape index (κ3) is 3.73. The largest absolute Gasteiger partial charge is 0.296 e. The van der Waals surface area contributed by atoms with E-state index in [0.717, 1.165) is 12.8 Å². The summed E-state index contributed by atoms with van der Waals surface area (Å²) in [5.74, 6) is 0. The van der Waals surface area contributed by atoms with Gasteiger partial charge in [0.25, 0.3) is 0 Å². The Hall–Kier alpha value is -1.19. The predicted molar refractivity (Wildman–Crippen MR) is 101 cm³/mol. The first-order valence-corrected chi connectivity index (χ1v) is 9.35. The molecule has 3 heteroatoms. The quantitative estimate of drug-likeness (QED) is 0.783. The van der Waals surface area contributed by atoms with E-state index in [-0.39, 0.29) is 17.1 Å². The summed E-state index contributed by atoms with van der Waals surface area (Å²) >= 11 is 0. The van der Waals surface area contributed by atoms with Crippen molar-refractivity contribution in [1.29, 1.82) is 0 Å². The van der Waals surface area contributed by atoms with Crippen LogP contribution in [-0.2, 0) is 4.84 Å². The lowest BCUT2D eigenvalue weighted by Crippen LogP contribution is -2.58. The third-order valence-corrected chi connectivity index (χ3v) is 5.51. The average Bonchev–Trinajstić information content (AvgIpc) is 2.95. The number of aryl methyl sites for hydroxylation is 1. The highest BCUT2D eigenvalue weighted by molar-refractivity contribution is 6.01. The van der Waals surface area contributed by atoms with Crippen LogP contribution in [0.2, 0.25) is 0 Å². The molecule has 0 aromatic heterocycles. The highest BCUT2D eigenvalue weighted by atomic mass is 16.7. The van der Waals surface area contributed by atoms with Gasteiger partial charge >= 0.3 is 0 Å². The Bertz CT molecular complexity index is 585. The van der Waals surface area contributed by atoms with E-state index >= 15 is 0 Å². The van der Waals surface area contributed by atoms with Crippen LogP contribution in [0, 0.1) is 6.92 Å². The minimum Gasteiger partial charge on any atom is -0.296 e. The number of piperidine rings is 1. The molecule has 1 aromatic carbocycles. The van der Waals surface area contributed by atoms with Crippen LogP contribution in [0.3, 0.4) is 0 Å². The summed E-state index contributed by atoms with van der Waals surface area (Å²) in [6.07, 6.45) is 5.82. The smallest absolute Gasteiger partial charge is 0.0909 e. The van der Waals surface area contributed by atoms with E-state index in [2.05, 4.69) is 63.9 Å². The topological polar surface area (TPSA) is 24.8 Å². The molecular weight excluding hydrogens is 296 g/mol. The molecular formula is C21H32N2O. The minimum absolute atomic E-state index is 0.101. The second kappa shape index (κ2) is 6.61. The maximum atomic E-state index is 6.33. The van der Waals surface area contributed by atoms with Crippen molar-refractivity contribution in [3.63, 3.8) is 0 Å². The van der Waals surface area contributed by atoms with E-state index in [1.54, 1.807) is 0 Å². The molecule has 1 atom stereocenters. The zero-order chi connectivity index (χ0) is 17.4. The van der Waals surface area contributed by atoms with Gasteiger partial charge in [0.1, 0.15) is 0 Å². The summed E-state index contributed by atoms with van der Waals surface area (Å²) in [5.41, 5.74) is 4.00. The van der Waals surface area contributed by atoms with Gasteiger partial charge in [0.15, 0.2) is 0 Å². The van der Waals surface area contributed by atoms with Gasteiger partial charge in [0, 0.05) is 16.8 Å². The Morgan fingerprint density at radius 2 is 1.71 bits per heavy atom. The van der Waals surface area contributed by atoms with Crippen LogP contribution in [0.5, 0.6) is 0 Å². The SMILES string of the molecule is Cc1ccc(C2=NC(CON3C(C)(C)CCCC3(C)C)CC2)cc1. The third-order valence-electron chi connectivity index (χ3n) is 5.51. The van der Waals surface area contributed by atoms with Crippen molar-refractivity contribution in [2.75, 3.05) is 6.61 Å². The van der Waals surface area contributed by atoms with E-state index in [1.165, 1.54) is 36.1 Å². The lowest BCUT2D eigenvalue weighted by Gasteiger charge is -2.51. The number of aliphatic imine (C=N–C) groups is 1. The molecule has 0 radical (unpaired) electrons. The summed E-state index contributed by atoms with van der Waals surface area (Å²) in [7, 11) is 0.